The third kappa shape index (κ3) is 1.90. The smallest absolute Gasteiger partial charge is 0.431 e. The zero-order valence-corrected chi connectivity index (χ0v) is 8.13. The first-order valence-corrected chi connectivity index (χ1v) is 5.22. The van der Waals surface area contributed by atoms with Gasteiger partial charge in [-0.3, -0.25) is 0 Å². The molecule has 0 saturated heterocycles. The van der Waals surface area contributed by atoms with Crippen molar-refractivity contribution in [3.8, 4) is 0 Å². The molecular weight excluding hydrogens is 192 g/mol. The Hall–Kier alpha value is -0.440. The maximum atomic E-state index is 10.9. The molecule has 3 nitrogen and oxygen atoms in total. The summed E-state index contributed by atoms with van der Waals surface area (Å²) >= 11 is 5.24. The standard InChI is InChI=1S/C9H13ClO3/c10-5-12-9(11)13-8-4-6-1-2-7(8)3-6/h6-8H,1-5H2. The van der Waals surface area contributed by atoms with Gasteiger partial charge in [-0.1, -0.05) is 11.6 Å². The normalized spacial score (nSPS) is 36.2. The summed E-state index contributed by atoms with van der Waals surface area (Å²) in [5.41, 5.74) is 0. The van der Waals surface area contributed by atoms with Crippen LogP contribution in [0.1, 0.15) is 25.7 Å². The fourth-order valence-electron chi connectivity index (χ4n) is 2.53. The molecule has 2 aliphatic carbocycles. The van der Waals surface area contributed by atoms with E-state index in [0.29, 0.717) is 5.92 Å². The van der Waals surface area contributed by atoms with E-state index in [1.807, 2.05) is 0 Å². The van der Waals surface area contributed by atoms with Crippen molar-refractivity contribution in [2.24, 2.45) is 11.8 Å². The van der Waals surface area contributed by atoms with Gasteiger partial charge in [0.1, 0.15) is 6.10 Å². The lowest BCUT2D eigenvalue weighted by Gasteiger charge is -2.20. The minimum absolute atomic E-state index is 0.0921. The van der Waals surface area contributed by atoms with Crippen LogP contribution in [0.15, 0.2) is 0 Å². The number of rotatable bonds is 2. The Bertz CT molecular complexity index is 207. The number of carbonyl (C=O) groups is 1. The first-order valence-electron chi connectivity index (χ1n) is 4.69. The van der Waals surface area contributed by atoms with Gasteiger partial charge >= 0.3 is 6.16 Å². The maximum absolute atomic E-state index is 10.9. The summed E-state index contributed by atoms with van der Waals surface area (Å²) < 4.78 is 9.66. The molecule has 74 valence electrons. The molecule has 4 heteroatoms. The van der Waals surface area contributed by atoms with Gasteiger partial charge in [-0.15, -0.1) is 0 Å². The summed E-state index contributed by atoms with van der Waals surface area (Å²) in [5, 5.41) is 0. The molecule has 0 aromatic rings. The number of carbonyl (C=O) groups excluding carboxylic acids is 1. The van der Waals surface area contributed by atoms with Crippen LogP contribution < -0.4 is 0 Å². The van der Waals surface area contributed by atoms with Crippen molar-refractivity contribution in [2.75, 3.05) is 6.07 Å². The van der Waals surface area contributed by atoms with Crippen molar-refractivity contribution in [1.29, 1.82) is 0 Å². The van der Waals surface area contributed by atoms with Crippen molar-refractivity contribution in [1.82, 2.24) is 0 Å². The highest BCUT2D eigenvalue weighted by atomic mass is 35.5. The van der Waals surface area contributed by atoms with E-state index < -0.39 is 6.16 Å². The Morgan fingerprint density at radius 1 is 1.38 bits per heavy atom. The van der Waals surface area contributed by atoms with Crippen LogP contribution in [0.25, 0.3) is 0 Å². The van der Waals surface area contributed by atoms with Crippen LogP contribution in [-0.4, -0.2) is 18.3 Å². The van der Waals surface area contributed by atoms with Crippen LogP contribution in [0, 0.1) is 11.8 Å². The van der Waals surface area contributed by atoms with Gasteiger partial charge in [0, 0.05) is 0 Å². The summed E-state index contributed by atoms with van der Waals surface area (Å²) in [7, 11) is 0. The minimum atomic E-state index is -0.618. The Balaban J connectivity index is 1.79. The van der Waals surface area contributed by atoms with E-state index in [2.05, 4.69) is 4.74 Å². The van der Waals surface area contributed by atoms with Gasteiger partial charge < -0.3 is 9.47 Å². The molecule has 0 aromatic carbocycles. The second-order valence-corrected chi connectivity index (χ2v) is 4.05. The van der Waals surface area contributed by atoms with Crippen molar-refractivity contribution in [2.45, 2.75) is 31.8 Å². The largest absolute Gasteiger partial charge is 0.509 e. The first kappa shape index (κ1) is 9.13. The molecule has 2 aliphatic rings. The molecule has 0 aromatic heterocycles. The van der Waals surface area contributed by atoms with E-state index in [1.54, 1.807) is 0 Å². The zero-order valence-electron chi connectivity index (χ0n) is 7.37. The summed E-state index contributed by atoms with van der Waals surface area (Å²) in [6, 6.07) is -0.125. The van der Waals surface area contributed by atoms with E-state index in [1.165, 1.54) is 19.3 Å². The average molecular weight is 205 g/mol. The molecule has 0 N–H and O–H groups in total. The van der Waals surface area contributed by atoms with E-state index in [9.17, 15) is 4.79 Å². The number of hydrogen-bond acceptors (Lipinski definition) is 3. The minimum Gasteiger partial charge on any atom is -0.431 e. The number of fused-ring (bicyclic) bond motifs is 2. The number of halogens is 1. The van der Waals surface area contributed by atoms with Crippen LogP contribution in [0.2, 0.25) is 0 Å². The van der Waals surface area contributed by atoms with E-state index in [0.717, 1.165) is 12.3 Å². The van der Waals surface area contributed by atoms with Crippen LogP contribution in [0.5, 0.6) is 0 Å². The van der Waals surface area contributed by atoms with Gasteiger partial charge in [-0.2, -0.15) is 0 Å². The number of hydrogen-bond donors (Lipinski definition) is 0. The second-order valence-electron chi connectivity index (χ2n) is 3.83. The van der Waals surface area contributed by atoms with Gasteiger partial charge in [-0.25, -0.2) is 4.79 Å². The van der Waals surface area contributed by atoms with Gasteiger partial charge in [-0.05, 0) is 37.5 Å². The second kappa shape index (κ2) is 3.74. The van der Waals surface area contributed by atoms with Crippen molar-refractivity contribution < 1.29 is 14.3 Å². The van der Waals surface area contributed by atoms with Crippen molar-refractivity contribution in [3.05, 3.63) is 0 Å². The topological polar surface area (TPSA) is 35.5 Å². The third-order valence-electron chi connectivity index (χ3n) is 3.09. The average Bonchev–Trinajstić information content (AvgIpc) is 2.65. The number of ether oxygens (including phenoxy) is 2. The predicted octanol–water partition coefficient (Wildman–Crippen LogP) is 2.52. The lowest BCUT2D eigenvalue weighted by atomic mass is 9.98. The fraction of sp³-hybridized carbons (Fsp3) is 0.889. The van der Waals surface area contributed by atoms with E-state index >= 15 is 0 Å². The molecule has 3 unspecified atom stereocenters. The fourth-order valence-corrected chi connectivity index (χ4v) is 2.62. The lowest BCUT2D eigenvalue weighted by molar-refractivity contribution is 0.0124. The summed E-state index contributed by atoms with van der Waals surface area (Å²) in [6.45, 7) is 0. The van der Waals surface area contributed by atoms with Gasteiger partial charge in [0.25, 0.3) is 0 Å². The highest BCUT2D eigenvalue weighted by Crippen LogP contribution is 2.45. The quantitative estimate of drug-likeness (QED) is 0.512. The van der Waals surface area contributed by atoms with Crippen LogP contribution >= 0.6 is 11.6 Å². The molecule has 13 heavy (non-hydrogen) atoms. The highest BCUT2D eigenvalue weighted by molar-refractivity contribution is 6.17. The lowest BCUT2D eigenvalue weighted by Crippen LogP contribution is -2.24. The van der Waals surface area contributed by atoms with Crippen molar-refractivity contribution in [3.63, 3.8) is 0 Å². The highest BCUT2D eigenvalue weighted by Gasteiger charge is 2.41. The molecule has 0 radical (unpaired) electrons. The Labute approximate surface area is 82.3 Å². The molecule has 0 heterocycles. The molecule has 2 bridgehead atoms. The number of alkyl halides is 1. The predicted molar refractivity (Wildman–Crippen MR) is 47.5 cm³/mol. The monoisotopic (exact) mass is 204 g/mol. The zero-order chi connectivity index (χ0) is 9.26. The molecule has 3 atom stereocenters. The molecule has 2 fully saturated rings. The van der Waals surface area contributed by atoms with Gasteiger partial charge in [0.05, 0.1) is 0 Å². The SMILES string of the molecule is O=C(OCCl)OC1CC2CCC1C2. The van der Waals surface area contributed by atoms with E-state index in [4.69, 9.17) is 16.3 Å². The first-order chi connectivity index (χ1) is 6.29. The third-order valence-corrected chi connectivity index (χ3v) is 3.20. The summed E-state index contributed by atoms with van der Waals surface area (Å²) in [4.78, 5) is 10.9. The molecule has 2 saturated carbocycles. The van der Waals surface area contributed by atoms with Crippen LogP contribution in [-0.2, 0) is 9.47 Å². The molecule has 0 amide bonds. The summed E-state index contributed by atoms with van der Waals surface area (Å²) in [6.07, 6.45) is 4.21. The van der Waals surface area contributed by atoms with Gasteiger partial charge in [0.15, 0.2) is 6.07 Å². The Morgan fingerprint density at radius 3 is 2.77 bits per heavy atom. The van der Waals surface area contributed by atoms with Crippen molar-refractivity contribution >= 4 is 17.8 Å². The molecule has 2 rings (SSSR count). The Morgan fingerprint density at radius 2 is 2.23 bits per heavy atom. The maximum Gasteiger partial charge on any atom is 0.509 e. The van der Waals surface area contributed by atoms with Crippen LogP contribution in [0.3, 0.4) is 0 Å². The van der Waals surface area contributed by atoms with Gasteiger partial charge in [0.2, 0.25) is 0 Å². The Kier molecular flexibility index (Phi) is 2.63. The molecular formula is C9H13ClO3. The van der Waals surface area contributed by atoms with Crippen LogP contribution in [0.4, 0.5) is 4.79 Å². The summed E-state index contributed by atoms with van der Waals surface area (Å²) in [5.74, 6) is 1.35. The molecule has 0 spiro atoms. The van der Waals surface area contributed by atoms with E-state index in [-0.39, 0.29) is 12.2 Å². The molecule has 0 aliphatic heterocycles.